The number of carboxylic acid groups (broad SMARTS) is 1. The first kappa shape index (κ1) is 19.9. The number of aromatic carboxylic acids is 1. The van der Waals surface area contributed by atoms with E-state index in [1.807, 2.05) is 38.1 Å². The molecule has 0 fully saturated rings. The van der Waals surface area contributed by atoms with E-state index in [1.165, 1.54) is 0 Å². The van der Waals surface area contributed by atoms with Gasteiger partial charge in [0.25, 0.3) is 11.6 Å². The fourth-order valence-electron chi connectivity index (χ4n) is 2.49. The molecular formula is C19H20N2O6. The maximum atomic E-state index is 12.2. The molecule has 0 aliphatic carbocycles. The summed E-state index contributed by atoms with van der Waals surface area (Å²) in [5.74, 6) is -0.941. The monoisotopic (exact) mass is 372 g/mol. The number of non-ortho nitro benzene ring substituents is 1. The van der Waals surface area contributed by atoms with Crippen LogP contribution < -0.4 is 10.1 Å². The Kier molecular flexibility index (Phi) is 6.48. The number of carbonyl (C=O) groups is 2. The summed E-state index contributed by atoms with van der Waals surface area (Å²) in [5.41, 5.74) is 0.177. The van der Waals surface area contributed by atoms with Crippen molar-refractivity contribution in [1.82, 2.24) is 5.32 Å². The number of amides is 1. The number of carboxylic acids is 1. The van der Waals surface area contributed by atoms with E-state index in [9.17, 15) is 19.7 Å². The molecule has 0 aromatic heterocycles. The number of para-hydroxylation sites is 1. The lowest BCUT2D eigenvalue weighted by Crippen LogP contribution is -2.28. The molecule has 27 heavy (non-hydrogen) atoms. The number of carbonyl (C=O) groups excluding carboxylic acids is 1. The van der Waals surface area contributed by atoms with Crippen molar-refractivity contribution in [3.63, 3.8) is 0 Å². The SMILES string of the molecule is CC(C)c1ccccc1OCCNC(=O)c1cc(C(=O)O)cc([N+](=O)[O-])c1. The summed E-state index contributed by atoms with van der Waals surface area (Å²) >= 11 is 0. The predicted octanol–water partition coefficient (Wildman–Crippen LogP) is 3.23. The standard InChI is InChI=1S/C19H20N2O6/c1-12(2)16-5-3-4-6-17(16)27-8-7-20-18(22)13-9-14(19(23)24)11-15(10-13)21(25)26/h3-6,9-12H,7-8H2,1-2H3,(H,20,22)(H,23,24). The van der Waals surface area contributed by atoms with Crippen LogP contribution >= 0.6 is 0 Å². The Morgan fingerprint density at radius 3 is 2.48 bits per heavy atom. The molecule has 0 saturated heterocycles. The van der Waals surface area contributed by atoms with Crippen molar-refractivity contribution < 1.29 is 24.4 Å². The van der Waals surface area contributed by atoms with Gasteiger partial charge in [-0.05, 0) is 23.6 Å². The van der Waals surface area contributed by atoms with Gasteiger partial charge in [0.05, 0.1) is 17.0 Å². The molecule has 0 heterocycles. The number of nitrogens with zero attached hydrogens (tertiary/aromatic N) is 1. The third-order valence-corrected chi connectivity index (χ3v) is 3.82. The zero-order valence-electron chi connectivity index (χ0n) is 15.0. The van der Waals surface area contributed by atoms with Crippen LogP contribution in [0.4, 0.5) is 5.69 Å². The van der Waals surface area contributed by atoms with Crippen molar-refractivity contribution in [2.45, 2.75) is 19.8 Å². The van der Waals surface area contributed by atoms with Crippen LogP contribution in [0.3, 0.4) is 0 Å². The van der Waals surface area contributed by atoms with Gasteiger partial charge < -0.3 is 15.2 Å². The average molecular weight is 372 g/mol. The maximum Gasteiger partial charge on any atom is 0.335 e. The smallest absolute Gasteiger partial charge is 0.335 e. The summed E-state index contributed by atoms with van der Waals surface area (Å²) < 4.78 is 5.69. The van der Waals surface area contributed by atoms with Crippen LogP contribution in [-0.2, 0) is 0 Å². The van der Waals surface area contributed by atoms with E-state index in [-0.39, 0.29) is 30.2 Å². The summed E-state index contributed by atoms with van der Waals surface area (Å²) in [6, 6.07) is 10.6. The van der Waals surface area contributed by atoms with Crippen LogP contribution in [0.1, 0.15) is 46.0 Å². The van der Waals surface area contributed by atoms with Crippen LogP contribution in [0.25, 0.3) is 0 Å². The fraction of sp³-hybridized carbons (Fsp3) is 0.263. The molecule has 0 unspecified atom stereocenters. The number of nitro benzene ring substituents is 1. The summed E-state index contributed by atoms with van der Waals surface area (Å²) in [7, 11) is 0. The summed E-state index contributed by atoms with van der Waals surface area (Å²) in [5, 5.41) is 22.5. The molecule has 2 aromatic rings. The number of rotatable bonds is 8. The second-order valence-electron chi connectivity index (χ2n) is 6.13. The summed E-state index contributed by atoms with van der Waals surface area (Å²) in [6.07, 6.45) is 0. The first-order valence-corrected chi connectivity index (χ1v) is 8.32. The molecule has 0 radical (unpaired) electrons. The first-order valence-electron chi connectivity index (χ1n) is 8.32. The normalized spacial score (nSPS) is 10.5. The highest BCUT2D eigenvalue weighted by Crippen LogP contribution is 2.25. The number of nitro groups is 1. The van der Waals surface area contributed by atoms with Gasteiger partial charge in [-0.1, -0.05) is 32.0 Å². The van der Waals surface area contributed by atoms with Crippen molar-refractivity contribution in [1.29, 1.82) is 0 Å². The molecule has 2 rings (SSSR count). The molecule has 0 atom stereocenters. The molecule has 1 amide bonds. The highest BCUT2D eigenvalue weighted by molar-refractivity contribution is 5.98. The number of hydrogen-bond donors (Lipinski definition) is 2. The van der Waals surface area contributed by atoms with E-state index in [0.29, 0.717) is 0 Å². The first-order chi connectivity index (χ1) is 12.8. The van der Waals surface area contributed by atoms with Crippen molar-refractivity contribution >= 4 is 17.6 Å². The highest BCUT2D eigenvalue weighted by Gasteiger charge is 2.17. The Morgan fingerprint density at radius 1 is 1.19 bits per heavy atom. The Morgan fingerprint density at radius 2 is 1.85 bits per heavy atom. The van der Waals surface area contributed by atoms with Crippen LogP contribution in [0.15, 0.2) is 42.5 Å². The Labute approximate surface area is 155 Å². The number of benzene rings is 2. The van der Waals surface area contributed by atoms with Crippen LogP contribution in [-0.4, -0.2) is 35.1 Å². The zero-order chi connectivity index (χ0) is 20.0. The molecule has 2 N–H and O–H groups in total. The minimum Gasteiger partial charge on any atom is -0.491 e. The van der Waals surface area contributed by atoms with Crippen LogP contribution in [0, 0.1) is 10.1 Å². The highest BCUT2D eigenvalue weighted by atomic mass is 16.6. The number of hydrogen-bond acceptors (Lipinski definition) is 5. The van der Waals surface area contributed by atoms with Gasteiger partial charge in [0.15, 0.2) is 0 Å². The van der Waals surface area contributed by atoms with Gasteiger partial charge in [-0.15, -0.1) is 0 Å². The maximum absolute atomic E-state index is 12.2. The lowest BCUT2D eigenvalue weighted by molar-refractivity contribution is -0.384. The van der Waals surface area contributed by atoms with Crippen molar-refractivity contribution in [2.24, 2.45) is 0 Å². The van der Waals surface area contributed by atoms with Crippen molar-refractivity contribution in [3.8, 4) is 5.75 Å². The quantitative estimate of drug-likeness (QED) is 0.417. The second kappa shape index (κ2) is 8.79. The van der Waals surface area contributed by atoms with Gasteiger partial charge in [-0.2, -0.15) is 0 Å². The van der Waals surface area contributed by atoms with E-state index >= 15 is 0 Å². The van der Waals surface area contributed by atoms with E-state index in [1.54, 1.807) is 0 Å². The van der Waals surface area contributed by atoms with E-state index in [0.717, 1.165) is 29.5 Å². The third-order valence-electron chi connectivity index (χ3n) is 3.82. The van der Waals surface area contributed by atoms with Crippen LogP contribution in [0.5, 0.6) is 5.75 Å². The third kappa shape index (κ3) is 5.27. The molecule has 8 heteroatoms. The molecular weight excluding hydrogens is 352 g/mol. The Balaban J connectivity index is 2.00. The summed E-state index contributed by atoms with van der Waals surface area (Å²) in [4.78, 5) is 33.5. The minimum absolute atomic E-state index is 0.0934. The van der Waals surface area contributed by atoms with Gasteiger partial charge in [-0.25, -0.2) is 4.79 Å². The van der Waals surface area contributed by atoms with Crippen LogP contribution in [0.2, 0.25) is 0 Å². The largest absolute Gasteiger partial charge is 0.491 e. The van der Waals surface area contributed by atoms with E-state index in [2.05, 4.69) is 5.32 Å². The summed E-state index contributed by atoms with van der Waals surface area (Å²) in [6.45, 7) is 4.46. The number of nitrogens with one attached hydrogen (secondary N) is 1. The van der Waals surface area contributed by atoms with Gasteiger partial charge in [0.2, 0.25) is 0 Å². The Bertz CT molecular complexity index is 831. The number of ether oxygens (including phenoxy) is 1. The molecule has 2 aromatic carbocycles. The molecule has 8 nitrogen and oxygen atoms in total. The van der Waals surface area contributed by atoms with Gasteiger partial charge in [-0.3, -0.25) is 14.9 Å². The molecule has 0 spiro atoms. The topological polar surface area (TPSA) is 119 Å². The second-order valence-corrected chi connectivity index (χ2v) is 6.13. The van der Waals surface area contributed by atoms with Crippen molar-refractivity contribution in [2.75, 3.05) is 13.2 Å². The predicted molar refractivity (Wildman–Crippen MR) is 98.4 cm³/mol. The molecule has 142 valence electrons. The fourth-order valence-corrected chi connectivity index (χ4v) is 2.49. The lowest BCUT2D eigenvalue weighted by atomic mass is 10.0. The molecule has 0 aliphatic heterocycles. The minimum atomic E-state index is -1.35. The Hall–Kier alpha value is -3.42. The van der Waals surface area contributed by atoms with Gasteiger partial charge in [0.1, 0.15) is 12.4 Å². The molecule has 0 aliphatic rings. The van der Waals surface area contributed by atoms with Crippen molar-refractivity contribution in [3.05, 3.63) is 69.3 Å². The lowest BCUT2D eigenvalue weighted by Gasteiger charge is -2.14. The molecule has 0 saturated carbocycles. The molecule has 0 bridgehead atoms. The van der Waals surface area contributed by atoms with Gasteiger partial charge >= 0.3 is 5.97 Å². The van der Waals surface area contributed by atoms with E-state index in [4.69, 9.17) is 9.84 Å². The zero-order valence-corrected chi connectivity index (χ0v) is 15.0. The average Bonchev–Trinajstić information content (AvgIpc) is 2.64. The van der Waals surface area contributed by atoms with Gasteiger partial charge in [0, 0.05) is 17.7 Å². The van der Waals surface area contributed by atoms with E-state index < -0.39 is 22.5 Å².